The van der Waals surface area contributed by atoms with Gasteiger partial charge in [0.2, 0.25) is 0 Å². The summed E-state index contributed by atoms with van der Waals surface area (Å²) in [6.45, 7) is 1.75. The number of carbonyl (C=O) groups is 2. The number of aldehydes is 1. The van der Waals surface area contributed by atoms with Gasteiger partial charge in [-0.3, -0.25) is 4.79 Å². The second kappa shape index (κ2) is 20.9. The smallest absolute Gasteiger partial charge is 0.305 e. The van der Waals surface area contributed by atoms with Gasteiger partial charge in [-0.2, -0.15) is 0 Å². The fourth-order valence-corrected chi connectivity index (χ4v) is 3.50. The first kappa shape index (κ1) is 30.0. The summed E-state index contributed by atoms with van der Waals surface area (Å²) in [6, 6.07) is 0. The minimum Gasteiger partial charge on any atom is -0.463 e. The number of aliphatic hydroxyl groups excluding tert-OH is 4. The van der Waals surface area contributed by atoms with Gasteiger partial charge in [-0.1, -0.05) is 96.8 Å². The third-order valence-corrected chi connectivity index (χ3v) is 5.63. The van der Waals surface area contributed by atoms with Gasteiger partial charge in [0.25, 0.3) is 0 Å². The molecular weight excluding hydrogens is 400 g/mol. The number of hydrogen-bond donors (Lipinski definition) is 4. The molecule has 0 radical (unpaired) electrons. The summed E-state index contributed by atoms with van der Waals surface area (Å²) < 4.78 is 4.88. The summed E-state index contributed by atoms with van der Waals surface area (Å²) >= 11 is 0. The molecule has 4 unspecified atom stereocenters. The molecule has 7 nitrogen and oxygen atoms in total. The van der Waals surface area contributed by atoms with Crippen LogP contribution in [0.25, 0.3) is 0 Å². The predicted molar refractivity (Wildman–Crippen MR) is 121 cm³/mol. The Labute approximate surface area is 188 Å². The zero-order chi connectivity index (χ0) is 23.3. The van der Waals surface area contributed by atoms with Crippen LogP contribution in [0.1, 0.15) is 110 Å². The van der Waals surface area contributed by atoms with Crippen LogP contribution in [0.3, 0.4) is 0 Å². The van der Waals surface area contributed by atoms with E-state index >= 15 is 0 Å². The van der Waals surface area contributed by atoms with Crippen molar-refractivity contribution in [1.82, 2.24) is 0 Å². The normalized spacial score (nSPS) is 15.3. The first-order chi connectivity index (χ1) is 14.9. The minimum absolute atomic E-state index is 0.0586. The van der Waals surface area contributed by atoms with Crippen LogP contribution >= 0.6 is 0 Å². The predicted octanol–water partition coefficient (Wildman–Crippen LogP) is 3.43. The zero-order valence-electron chi connectivity index (χ0n) is 19.4. The molecule has 0 aromatic rings. The van der Waals surface area contributed by atoms with Crippen LogP contribution in [0.4, 0.5) is 0 Å². The summed E-state index contributed by atoms with van der Waals surface area (Å²) in [4.78, 5) is 22.1. The molecule has 4 atom stereocenters. The first-order valence-corrected chi connectivity index (χ1v) is 12.3. The van der Waals surface area contributed by atoms with Crippen LogP contribution in [0.2, 0.25) is 0 Å². The van der Waals surface area contributed by atoms with E-state index in [1.165, 1.54) is 77.0 Å². The minimum atomic E-state index is -1.83. The molecule has 0 rings (SSSR count). The average molecular weight is 447 g/mol. The SMILES string of the molecule is CCCCCCCCCCCCCCCCCC(=O)OCC(O)C(O)C(O)C(O)C=O. The van der Waals surface area contributed by atoms with Gasteiger partial charge in [-0.05, 0) is 6.42 Å². The number of hydrogen-bond acceptors (Lipinski definition) is 7. The molecule has 0 saturated heterocycles. The summed E-state index contributed by atoms with van der Waals surface area (Å²) in [5.74, 6) is -0.480. The molecule has 0 saturated carbocycles. The molecule has 0 fully saturated rings. The molecule has 31 heavy (non-hydrogen) atoms. The van der Waals surface area contributed by atoms with E-state index < -0.39 is 37.0 Å². The van der Waals surface area contributed by atoms with Gasteiger partial charge in [0.1, 0.15) is 31.0 Å². The Balaban J connectivity index is 3.47. The van der Waals surface area contributed by atoms with E-state index in [9.17, 15) is 24.9 Å². The zero-order valence-corrected chi connectivity index (χ0v) is 19.4. The molecule has 0 aliphatic carbocycles. The van der Waals surface area contributed by atoms with E-state index in [4.69, 9.17) is 9.84 Å². The second-order valence-electron chi connectivity index (χ2n) is 8.56. The highest BCUT2D eigenvalue weighted by Gasteiger charge is 2.30. The third-order valence-electron chi connectivity index (χ3n) is 5.63. The number of esters is 1. The Kier molecular flexibility index (Phi) is 20.2. The average Bonchev–Trinajstić information content (AvgIpc) is 2.78. The van der Waals surface area contributed by atoms with Crippen LogP contribution in [-0.4, -0.2) is 63.7 Å². The van der Waals surface area contributed by atoms with Crippen molar-refractivity contribution in [1.29, 1.82) is 0 Å². The third kappa shape index (κ3) is 17.2. The number of unbranched alkanes of at least 4 members (excludes halogenated alkanes) is 14. The lowest BCUT2D eigenvalue weighted by Gasteiger charge is -2.23. The van der Waals surface area contributed by atoms with Crippen molar-refractivity contribution in [2.24, 2.45) is 0 Å². The van der Waals surface area contributed by atoms with E-state index in [1.54, 1.807) is 0 Å². The summed E-state index contributed by atoms with van der Waals surface area (Å²) in [5.41, 5.74) is 0. The summed E-state index contributed by atoms with van der Waals surface area (Å²) in [6.07, 6.45) is 12.0. The van der Waals surface area contributed by atoms with Crippen molar-refractivity contribution in [3.8, 4) is 0 Å². The molecule has 0 spiro atoms. The van der Waals surface area contributed by atoms with Gasteiger partial charge in [-0.15, -0.1) is 0 Å². The number of rotatable bonds is 22. The maximum Gasteiger partial charge on any atom is 0.305 e. The fourth-order valence-electron chi connectivity index (χ4n) is 3.50. The monoisotopic (exact) mass is 446 g/mol. The Morgan fingerprint density at radius 2 is 1.13 bits per heavy atom. The molecule has 0 heterocycles. The molecule has 0 aliphatic rings. The molecule has 7 heteroatoms. The molecule has 4 N–H and O–H groups in total. The highest BCUT2D eigenvalue weighted by Crippen LogP contribution is 2.14. The molecule has 0 aromatic heterocycles. The van der Waals surface area contributed by atoms with E-state index in [0.717, 1.165) is 12.8 Å². The van der Waals surface area contributed by atoms with E-state index in [0.29, 0.717) is 6.42 Å². The van der Waals surface area contributed by atoms with Crippen LogP contribution in [0, 0.1) is 0 Å². The van der Waals surface area contributed by atoms with Gasteiger partial charge >= 0.3 is 5.97 Å². The highest BCUT2D eigenvalue weighted by atomic mass is 16.5. The standard InChI is InChI=1S/C24H46O7/c1-2-3-4-5-6-7-8-9-10-11-12-13-14-15-16-17-22(28)31-19-21(27)24(30)23(29)20(26)18-25/h18,20-21,23-24,26-27,29-30H,2-17,19H2,1H3. The second-order valence-corrected chi connectivity index (χ2v) is 8.56. The highest BCUT2D eigenvalue weighted by molar-refractivity contribution is 5.69. The Morgan fingerprint density at radius 3 is 1.55 bits per heavy atom. The Bertz CT molecular complexity index is 430. The maximum atomic E-state index is 11.7. The molecule has 0 aliphatic heterocycles. The fraction of sp³-hybridized carbons (Fsp3) is 0.917. The van der Waals surface area contributed by atoms with Crippen LogP contribution in [-0.2, 0) is 14.3 Å². The van der Waals surface area contributed by atoms with Gasteiger partial charge in [0.15, 0.2) is 6.29 Å². The van der Waals surface area contributed by atoms with Crippen molar-refractivity contribution in [2.45, 2.75) is 134 Å². The van der Waals surface area contributed by atoms with E-state index in [-0.39, 0.29) is 12.7 Å². The van der Waals surface area contributed by atoms with E-state index in [1.807, 2.05) is 0 Å². The van der Waals surface area contributed by atoms with Crippen LogP contribution < -0.4 is 0 Å². The van der Waals surface area contributed by atoms with Crippen LogP contribution in [0.5, 0.6) is 0 Å². The Hall–Kier alpha value is -1.02. The lowest BCUT2D eigenvalue weighted by atomic mass is 10.0. The molecule has 0 amide bonds. The summed E-state index contributed by atoms with van der Waals surface area (Å²) in [7, 11) is 0. The van der Waals surface area contributed by atoms with Gasteiger partial charge in [-0.25, -0.2) is 0 Å². The van der Waals surface area contributed by atoms with Crippen molar-refractivity contribution in [3.63, 3.8) is 0 Å². The van der Waals surface area contributed by atoms with Crippen LogP contribution in [0.15, 0.2) is 0 Å². The number of carbonyl (C=O) groups excluding carboxylic acids is 2. The van der Waals surface area contributed by atoms with Gasteiger partial charge < -0.3 is 30.0 Å². The molecule has 0 aromatic carbocycles. The molecule has 184 valence electrons. The first-order valence-electron chi connectivity index (χ1n) is 12.3. The largest absolute Gasteiger partial charge is 0.463 e. The Morgan fingerprint density at radius 1 is 0.710 bits per heavy atom. The maximum absolute atomic E-state index is 11.7. The van der Waals surface area contributed by atoms with Crippen molar-refractivity contribution >= 4 is 12.3 Å². The number of aliphatic hydroxyl groups is 4. The van der Waals surface area contributed by atoms with Gasteiger partial charge in [0.05, 0.1) is 0 Å². The summed E-state index contributed by atoms with van der Waals surface area (Å²) in [5, 5.41) is 37.8. The lowest BCUT2D eigenvalue weighted by Crippen LogP contribution is -2.46. The number of ether oxygens (including phenoxy) is 1. The molecule has 0 bridgehead atoms. The molecular formula is C24H46O7. The van der Waals surface area contributed by atoms with Crippen molar-refractivity contribution in [2.75, 3.05) is 6.61 Å². The van der Waals surface area contributed by atoms with E-state index in [2.05, 4.69) is 6.92 Å². The topological polar surface area (TPSA) is 124 Å². The quantitative estimate of drug-likeness (QED) is 0.114. The lowest BCUT2D eigenvalue weighted by molar-refractivity contribution is -0.156. The van der Waals surface area contributed by atoms with Crippen molar-refractivity contribution in [3.05, 3.63) is 0 Å². The van der Waals surface area contributed by atoms with Gasteiger partial charge in [0, 0.05) is 6.42 Å². The van der Waals surface area contributed by atoms with Crippen molar-refractivity contribution < 1.29 is 34.8 Å².